The quantitative estimate of drug-likeness (QED) is 0.609. The predicted molar refractivity (Wildman–Crippen MR) is 46.9 cm³/mol. The van der Waals surface area contributed by atoms with Crippen LogP contribution in [-0.2, 0) is 0 Å². The van der Waals surface area contributed by atoms with E-state index < -0.39 is 0 Å². The summed E-state index contributed by atoms with van der Waals surface area (Å²) in [6.45, 7) is 0. The zero-order valence-electron chi connectivity index (χ0n) is 5.84. The van der Waals surface area contributed by atoms with E-state index in [-0.39, 0.29) is 0 Å². The van der Waals surface area contributed by atoms with Crippen molar-refractivity contribution in [3.8, 4) is 0 Å². The molecule has 0 aliphatic heterocycles. The smallest absolute Gasteiger partial charge is 0.135 e. The summed E-state index contributed by atoms with van der Waals surface area (Å²) in [5.41, 5.74) is 0.984. The van der Waals surface area contributed by atoms with Gasteiger partial charge in [0.15, 0.2) is 0 Å². The largest absolute Gasteiger partial charge is 0.385 e. The summed E-state index contributed by atoms with van der Waals surface area (Å²) in [4.78, 5) is 14.1. The normalized spacial score (nSPS) is 9.27. The minimum atomic E-state index is 0.356. The minimum Gasteiger partial charge on any atom is -0.385 e. The first kappa shape index (κ1) is 8.13. The van der Waals surface area contributed by atoms with Crippen LogP contribution in [0, 0.1) is 4.91 Å². The maximum absolute atomic E-state index is 10.2. The molecule has 4 nitrogen and oxygen atoms in total. The molecule has 0 spiro atoms. The predicted octanol–water partition coefficient (Wildman–Crippen LogP) is 2.28. The van der Waals surface area contributed by atoms with E-state index in [2.05, 4.69) is 31.4 Å². The number of nitroso groups, excluding NO2 is 1. The van der Waals surface area contributed by atoms with Gasteiger partial charge in [0.1, 0.15) is 10.3 Å². The first-order valence-corrected chi connectivity index (χ1v) is 3.74. The Morgan fingerprint density at radius 3 is 3.00 bits per heavy atom. The third-order valence-electron chi connectivity index (χ3n) is 1.22. The van der Waals surface area contributed by atoms with E-state index in [9.17, 15) is 4.91 Å². The van der Waals surface area contributed by atoms with Gasteiger partial charge in [-0.2, -0.15) is 0 Å². The van der Waals surface area contributed by atoms with E-state index >= 15 is 0 Å². The number of aromatic nitrogens is 1. The second-order valence-electron chi connectivity index (χ2n) is 1.87. The molecule has 11 heavy (non-hydrogen) atoms. The lowest BCUT2D eigenvalue weighted by molar-refractivity contribution is 1.25. The molecule has 1 aromatic rings. The maximum Gasteiger partial charge on any atom is 0.135 e. The molecule has 1 rings (SSSR count). The molecule has 1 N–H and O–H groups in total. The molecule has 5 heteroatoms. The Hall–Kier alpha value is -0.970. The maximum atomic E-state index is 10.2. The van der Waals surface area contributed by atoms with E-state index in [0.717, 1.165) is 0 Å². The van der Waals surface area contributed by atoms with Gasteiger partial charge in [0.05, 0.1) is 11.9 Å². The van der Waals surface area contributed by atoms with Gasteiger partial charge in [-0.05, 0) is 21.1 Å². The van der Waals surface area contributed by atoms with Crippen molar-refractivity contribution in [2.45, 2.75) is 0 Å². The molecule has 0 aliphatic rings. The standard InChI is InChI=1S/C6H6BrN3O/c1-8-5-3-9-6(7)2-4(5)10-11/h2-3,8H,1H3. The average molecular weight is 216 g/mol. The second kappa shape index (κ2) is 3.43. The highest BCUT2D eigenvalue weighted by Crippen LogP contribution is 2.25. The molecular weight excluding hydrogens is 210 g/mol. The molecule has 0 radical (unpaired) electrons. The van der Waals surface area contributed by atoms with Crippen LogP contribution in [0.15, 0.2) is 22.0 Å². The molecule has 58 valence electrons. The lowest BCUT2D eigenvalue weighted by Gasteiger charge is -2.00. The van der Waals surface area contributed by atoms with Crippen molar-refractivity contribution in [1.82, 2.24) is 4.98 Å². The van der Waals surface area contributed by atoms with E-state index in [0.29, 0.717) is 16.0 Å². The Labute approximate surface area is 72.1 Å². The summed E-state index contributed by atoms with van der Waals surface area (Å²) in [6, 6.07) is 1.55. The van der Waals surface area contributed by atoms with E-state index in [4.69, 9.17) is 0 Å². The number of pyridine rings is 1. The second-order valence-corrected chi connectivity index (χ2v) is 2.68. The summed E-state index contributed by atoms with van der Waals surface area (Å²) >= 11 is 3.13. The van der Waals surface area contributed by atoms with Crippen LogP contribution in [0.5, 0.6) is 0 Å². The molecule has 1 aromatic heterocycles. The molecule has 0 saturated heterocycles. The van der Waals surface area contributed by atoms with Gasteiger partial charge >= 0.3 is 0 Å². The van der Waals surface area contributed by atoms with Crippen molar-refractivity contribution < 1.29 is 0 Å². The lowest BCUT2D eigenvalue weighted by Crippen LogP contribution is -1.89. The third kappa shape index (κ3) is 1.74. The van der Waals surface area contributed by atoms with Gasteiger partial charge in [-0.15, -0.1) is 4.91 Å². The fourth-order valence-electron chi connectivity index (χ4n) is 0.688. The topological polar surface area (TPSA) is 54.4 Å². The molecule has 1 heterocycles. The third-order valence-corrected chi connectivity index (χ3v) is 1.65. The number of hydrogen-bond donors (Lipinski definition) is 1. The number of rotatable bonds is 2. The van der Waals surface area contributed by atoms with Crippen LogP contribution in [0.25, 0.3) is 0 Å². The first-order chi connectivity index (χ1) is 5.27. The summed E-state index contributed by atoms with van der Waals surface area (Å²) in [5, 5.41) is 5.62. The molecule has 0 aliphatic carbocycles. The van der Waals surface area contributed by atoms with Crippen molar-refractivity contribution in [2.24, 2.45) is 5.18 Å². The van der Waals surface area contributed by atoms with E-state index in [1.807, 2.05) is 0 Å². The Balaban J connectivity index is 3.16. The SMILES string of the molecule is CNc1cnc(Br)cc1N=O. The van der Waals surface area contributed by atoms with Crippen molar-refractivity contribution in [3.05, 3.63) is 21.8 Å². The zero-order valence-corrected chi connectivity index (χ0v) is 7.42. The van der Waals surface area contributed by atoms with Crippen molar-refractivity contribution in [1.29, 1.82) is 0 Å². The lowest BCUT2D eigenvalue weighted by atomic mass is 10.3. The summed E-state index contributed by atoms with van der Waals surface area (Å²) in [7, 11) is 1.71. The highest BCUT2D eigenvalue weighted by molar-refractivity contribution is 9.10. The Kier molecular flexibility index (Phi) is 2.53. The van der Waals surface area contributed by atoms with Gasteiger partial charge in [0.25, 0.3) is 0 Å². The summed E-state index contributed by atoms with van der Waals surface area (Å²) < 4.78 is 0.603. The monoisotopic (exact) mass is 215 g/mol. The van der Waals surface area contributed by atoms with Gasteiger partial charge in [-0.25, -0.2) is 4.98 Å². The van der Waals surface area contributed by atoms with Gasteiger partial charge in [0.2, 0.25) is 0 Å². The van der Waals surface area contributed by atoms with Gasteiger partial charge in [0, 0.05) is 13.1 Å². The van der Waals surface area contributed by atoms with Crippen molar-refractivity contribution in [2.75, 3.05) is 12.4 Å². The fraction of sp³-hybridized carbons (Fsp3) is 0.167. The molecule has 0 saturated carbocycles. The molecule has 0 aromatic carbocycles. The van der Waals surface area contributed by atoms with Crippen molar-refractivity contribution in [3.63, 3.8) is 0 Å². The van der Waals surface area contributed by atoms with Gasteiger partial charge in [-0.3, -0.25) is 0 Å². The average Bonchev–Trinajstić information content (AvgIpc) is 2.04. The Bertz CT molecular complexity index is 277. The number of nitrogens with one attached hydrogen (secondary N) is 1. The Morgan fingerprint density at radius 1 is 1.73 bits per heavy atom. The van der Waals surface area contributed by atoms with Crippen LogP contribution >= 0.6 is 15.9 Å². The Morgan fingerprint density at radius 2 is 2.45 bits per heavy atom. The zero-order chi connectivity index (χ0) is 8.27. The number of anilines is 1. The summed E-state index contributed by atoms with van der Waals surface area (Å²) in [5.74, 6) is 0. The first-order valence-electron chi connectivity index (χ1n) is 2.94. The molecule has 0 unspecified atom stereocenters. The van der Waals surface area contributed by atoms with Gasteiger partial charge in [-0.1, -0.05) is 0 Å². The molecule has 0 amide bonds. The number of nitrogens with zero attached hydrogens (tertiary/aromatic N) is 2. The van der Waals surface area contributed by atoms with Crippen LogP contribution in [0.2, 0.25) is 0 Å². The van der Waals surface area contributed by atoms with Crippen LogP contribution < -0.4 is 5.32 Å². The van der Waals surface area contributed by atoms with E-state index in [1.54, 1.807) is 19.3 Å². The van der Waals surface area contributed by atoms with Crippen LogP contribution in [0.3, 0.4) is 0 Å². The van der Waals surface area contributed by atoms with Crippen LogP contribution in [0.1, 0.15) is 0 Å². The molecule has 0 bridgehead atoms. The minimum absolute atomic E-state index is 0.356. The van der Waals surface area contributed by atoms with Crippen LogP contribution in [-0.4, -0.2) is 12.0 Å². The van der Waals surface area contributed by atoms with E-state index in [1.165, 1.54) is 0 Å². The van der Waals surface area contributed by atoms with Crippen molar-refractivity contribution >= 4 is 27.3 Å². The molecule has 0 fully saturated rings. The summed E-state index contributed by atoms with van der Waals surface area (Å²) in [6.07, 6.45) is 1.54. The molecule has 0 atom stereocenters. The van der Waals surface area contributed by atoms with Crippen LogP contribution in [0.4, 0.5) is 11.4 Å². The highest BCUT2D eigenvalue weighted by Gasteiger charge is 2.01. The van der Waals surface area contributed by atoms with Gasteiger partial charge < -0.3 is 5.32 Å². The number of halogens is 1. The molecular formula is C6H6BrN3O. The highest BCUT2D eigenvalue weighted by atomic mass is 79.9. The number of hydrogen-bond acceptors (Lipinski definition) is 4. The fourth-order valence-corrected chi connectivity index (χ4v) is 1.01.